The number of aliphatic hydroxyl groups excluding tert-OH is 1. The van der Waals surface area contributed by atoms with Crippen molar-refractivity contribution in [3.05, 3.63) is 0 Å². The van der Waals surface area contributed by atoms with Crippen molar-refractivity contribution >= 4 is 0 Å². The average molecular weight is 234 g/mol. The van der Waals surface area contributed by atoms with Gasteiger partial charge in [-0.25, -0.2) is 0 Å². The molecular weight excluding hydrogens is 224 g/mol. The first-order chi connectivity index (χ1) is 2.81. The van der Waals surface area contributed by atoms with Gasteiger partial charge in [-0.2, -0.15) is 0 Å². The molecule has 0 fully saturated rings. The summed E-state index contributed by atoms with van der Waals surface area (Å²) in [5, 5.41) is 8.44. The van der Waals surface area contributed by atoms with Crippen molar-refractivity contribution in [2.45, 2.75) is 19.6 Å². The van der Waals surface area contributed by atoms with Crippen molar-refractivity contribution in [3.63, 3.8) is 0 Å². The average Bonchev–Trinajstić information content (AvgIpc) is 1.65. The topological polar surface area (TPSA) is 29.5 Å². The molecule has 0 aliphatic rings. The number of hydrogen-bond donors (Lipinski definition) is 1. The maximum absolute atomic E-state index is 8.44. The summed E-state index contributed by atoms with van der Waals surface area (Å²) in [4.78, 5) is 0. The molecule has 0 aromatic carbocycles. The molecule has 0 aromatic heterocycles. The molecule has 0 radical (unpaired) electrons. The van der Waals surface area contributed by atoms with E-state index in [1.807, 2.05) is 6.92 Å². The first-order valence-electron chi connectivity index (χ1n) is 2.02. The summed E-state index contributed by atoms with van der Waals surface area (Å²) >= 11 is 0. The monoisotopic (exact) mass is 232 g/mol. The largest absolute Gasteiger partial charge is 0.368 e. The van der Waals surface area contributed by atoms with Gasteiger partial charge in [0.1, 0.15) is 0 Å². The number of ether oxygens (including phenoxy) is 1. The summed E-state index contributed by atoms with van der Waals surface area (Å²) in [7, 11) is 1.48. The molecule has 0 rings (SSSR count). The van der Waals surface area contributed by atoms with Gasteiger partial charge < -0.3 is 9.84 Å². The summed E-state index contributed by atoms with van der Waals surface area (Å²) < 4.78 is 4.45. The van der Waals surface area contributed by atoms with Crippen molar-refractivity contribution in [3.8, 4) is 0 Å². The maximum atomic E-state index is 8.44. The van der Waals surface area contributed by atoms with E-state index in [1.165, 1.54) is 7.11 Å². The molecule has 0 amide bonds. The Hall–Kier alpha value is 1.27. The predicted molar refractivity (Wildman–Crippen MR) is 23.3 cm³/mol. The fourth-order valence-electron chi connectivity index (χ4n) is 0.167. The molecule has 0 aliphatic heterocycles. The smallest absolute Gasteiger partial charge is 0.153 e. The minimum absolute atomic E-state index is 0. The molecule has 0 bridgehead atoms. The molecule has 0 spiro atoms. The van der Waals surface area contributed by atoms with E-state index in [0.717, 1.165) is 0 Å². The van der Waals surface area contributed by atoms with Gasteiger partial charge in [0.05, 0.1) is 0 Å². The van der Waals surface area contributed by atoms with Crippen molar-refractivity contribution in [1.82, 2.24) is 0 Å². The molecule has 0 saturated carbocycles. The normalized spacial score (nSPS) is 12.4. The van der Waals surface area contributed by atoms with Gasteiger partial charge in [-0.3, -0.25) is 0 Å². The van der Waals surface area contributed by atoms with Gasteiger partial charge in [-0.1, -0.05) is 6.92 Å². The molecule has 2 nitrogen and oxygen atoms in total. The Morgan fingerprint density at radius 3 is 2.14 bits per heavy atom. The fraction of sp³-hybridized carbons (Fsp3) is 1.00. The molecule has 0 saturated heterocycles. The molecule has 0 heterocycles. The van der Waals surface area contributed by atoms with Crippen molar-refractivity contribution in [2.75, 3.05) is 7.11 Å². The maximum Gasteiger partial charge on any atom is 0.153 e. The molecule has 1 N–H and O–H groups in total. The van der Waals surface area contributed by atoms with Crippen LogP contribution in [0.25, 0.3) is 0 Å². The van der Waals surface area contributed by atoms with Gasteiger partial charge in [0.15, 0.2) is 6.29 Å². The van der Waals surface area contributed by atoms with Gasteiger partial charge in [-0.15, -0.1) is 0 Å². The molecular formula is C4H10NdO2. The third-order valence-corrected chi connectivity index (χ3v) is 0.621. The fourth-order valence-corrected chi connectivity index (χ4v) is 0.167. The second kappa shape index (κ2) is 7.27. The number of hydrogen-bond acceptors (Lipinski definition) is 2. The molecule has 0 aliphatic carbocycles. The molecule has 3 heteroatoms. The van der Waals surface area contributed by atoms with E-state index in [9.17, 15) is 0 Å². The SMILES string of the molecule is CCC(O)OC.[Nd]. The molecule has 7 heavy (non-hydrogen) atoms. The molecule has 0 aromatic rings. The van der Waals surface area contributed by atoms with E-state index < -0.39 is 6.29 Å². The summed E-state index contributed by atoms with van der Waals surface area (Å²) in [5.41, 5.74) is 0. The van der Waals surface area contributed by atoms with Crippen LogP contribution in [0.3, 0.4) is 0 Å². The Morgan fingerprint density at radius 2 is 2.14 bits per heavy atom. The van der Waals surface area contributed by atoms with Crippen LogP contribution in [0.15, 0.2) is 0 Å². The zero-order chi connectivity index (χ0) is 4.99. The van der Waals surface area contributed by atoms with E-state index in [-0.39, 0.29) is 40.8 Å². The molecule has 42 valence electrons. The zero-order valence-electron chi connectivity index (χ0n) is 4.64. The van der Waals surface area contributed by atoms with Gasteiger partial charge >= 0.3 is 0 Å². The second-order valence-electron chi connectivity index (χ2n) is 1.10. The van der Waals surface area contributed by atoms with Gasteiger partial charge in [0, 0.05) is 47.9 Å². The standard InChI is InChI=1S/C4H10O2.Nd/c1-3-4(5)6-2;/h4-5H,3H2,1-2H3;. The summed E-state index contributed by atoms with van der Waals surface area (Å²) in [6.07, 6.45) is 0.0984. The molecule has 1 atom stereocenters. The Bertz CT molecular complexity index is 28.9. The second-order valence-corrected chi connectivity index (χ2v) is 1.10. The molecule has 1 unspecified atom stereocenters. The van der Waals surface area contributed by atoms with Gasteiger partial charge in [-0.05, 0) is 6.42 Å². The van der Waals surface area contributed by atoms with Crippen LogP contribution in [0.4, 0.5) is 0 Å². The summed E-state index contributed by atoms with van der Waals surface area (Å²) in [6, 6.07) is 0. The Balaban J connectivity index is 0. The first-order valence-corrected chi connectivity index (χ1v) is 2.02. The van der Waals surface area contributed by atoms with Crippen LogP contribution in [-0.4, -0.2) is 18.5 Å². The van der Waals surface area contributed by atoms with E-state index in [4.69, 9.17) is 5.11 Å². The Labute approximate surface area is 76.8 Å². The van der Waals surface area contributed by atoms with Crippen LogP contribution in [0, 0.1) is 40.8 Å². The first kappa shape index (κ1) is 11.1. The van der Waals surface area contributed by atoms with Gasteiger partial charge in [0.25, 0.3) is 0 Å². The zero-order valence-corrected chi connectivity index (χ0v) is 7.85. The third kappa shape index (κ3) is 7.27. The van der Waals surface area contributed by atoms with Crippen LogP contribution >= 0.6 is 0 Å². The number of aliphatic hydroxyl groups is 1. The minimum Gasteiger partial charge on any atom is -0.368 e. The van der Waals surface area contributed by atoms with Crippen LogP contribution in [-0.2, 0) is 4.74 Å². The number of rotatable bonds is 2. The number of methoxy groups -OCH3 is 1. The van der Waals surface area contributed by atoms with Crippen LogP contribution in [0.5, 0.6) is 0 Å². The van der Waals surface area contributed by atoms with Crippen LogP contribution in [0.2, 0.25) is 0 Å². The van der Waals surface area contributed by atoms with E-state index in [1.54, 1.807) is 0 Å². The van der Waals surface area contributed by atoms with E-state index >= 15 is 0 Å². The van der Waals surface area contributed by atoms with Crippen molar-refractivity contribution in [2.24, 2.45) is 0 Å². The quantitative estimate of drug-likeness (QED) is 0.699. The van der Waals surface area contributed by atoms with Gasteiger partial charge in [0.2, 0.25) is 0 Å². The Kier molecular flexibility index (Phi) is 11.5. The van der Waals surface area contributed by atoms with Crippen LogP contribution in [0.1, 0.15) is 13.3 Å². The Morgan fingerprint density at radius 1 is 1.71 bits per heavy atom. The summed E-state index contributed by atoms with van der Waals surface area (Å²) in [5.74, 6) is 0. The van der Waals surface area contributed by atoms with Crippen LogP contribution < -0.4 is 0 Å². The van der Waals surface area contributed by atoms with Crippen molar-refractivity contribution in [1.29, 1.82) is 0 Å². The summed E-state index contributed by atoms with van der Waals surface area (Å²) in [6.45, 7) is 1.86. The minimum atomic E-state index is -0.565. The van der Waals surface area contributed by atoms with Crippen molar-refractivity contribution < 1.29 is 50.7 Å². The predicted octanol–water partition coefficient (Wildman–Crippen LogP) is 0.361. The van der Waals surface area contributed by atoms with E-state index in [2.05, 4.69) is 4.74 Å². The van der Waals surface area contributed by atoms with E-state index in [0.29, 0.717) is 6.42 Å². The third-order valence-electron chi connectivity index (χ3n) is 0.621.